The number of fused-ring (bicyclic) bond motifs is 3. The fourth-order valence-corrected chi connectivity index (χ4v) is 3.63. The lowest BCUT2D eigenvalue weighted by atomic mass is 10.1. The number of amides is 1. The second kappa shape index (κ2) is 7.93. The van der Waals surface area contributed by atoms with Gasteiger partial charge in [0, 0.05) is 17.4 Å². The van der Waals surface area contributed by atoms with Gasteiger partial charge in [-0.3, -0.25) is 4.79 Å². The van der Waals surface area contributed by atoms with Crippen LogP contribution in [0.15, 0.2) is 53.7 Å². The summed E-state index contributed by atoms with van der Waals surface area (Å²) >= 11 is 1.26. The van der Waals surface area contributed by atoms with Crippen molar-refractivity contribution in [1.29, 1.82) is 0 Å². The van der Waals surface area contributed by atoms with Crippen molar-refractivity contribution < 1.29 is 9.18 Å². The number of halogens is 1. The Morgan fingerprint density at radius 2 is 1.96 bits per heavy atom. The molecule has 28 heavy (non-hydrogen) atoms. The Morgan fingerprint density at radius 1 is 1.18 bits per heavy atom. The topological polar surface area (TPSA) is 83.6 Å². The SMILES string of the molecule is C[C@@H](Sc1nnc2c(n1)[nH]c1ccccc12)C(=O)NCCc1ccc(F)cc1. The van der Waals surface area contributed by atoms with Gasteiger partial charge in [0.05, 0.1) is 5.25 Å². The molecule has 0 unspecified atom stereocenters. The van der Waals surface area contributed by atoms with E-state index in [1.54, 1.807) is 19.1 Å². The fraction of sp³-hybridized carbons (Fsp3) is 0.200. The van der Waals surface area contributed by atoms with Crippen molar-refractivity contribution >= 4 is 39.7 Å². The summed E-state index contributed by atoms with van der Waals surface area (Å²) in [6, 6.07) is 14.1. The van der Waals surface area contributed by atoms with Gasteiger partial charge in [-0.1, -0.05) is 42.1 Å². The van der Waals surface area contributed by atoms with Crippen LogP contribution in [0.1, 0.15) is 12.5 Å². The van der Waals surface area contributed by atoms with Gasteiger partial charge in [0.25, 0.3) is 0 Å². The van der Waals surface area contributed by atoms with Crippen LogP contribution in [0.2, 0.25) is 0 Å². The number of hydrogen-bond acceptors (Lipinski definition) is 5. The van der Waals surface area contributed by atoms with Crippen LogP contribution in [0, 0.1) is 5.82 Å². The maximum atomic E-state index is 12.9. The van der Waals surface area contributed by atoms with Crippen LogP contribution in [0.25, 0.3) is 22.1 Å². The van der Waals surface area contributed by atoms with Gasteiger partial charge in [-0.15, -0.1) is 10.2 Å². The maximum Gasteiger partial charge on any atom is 0.233 e. The number of carbonyl (C=O) groups is 1. The van der Waals surface area contributed by atoms with Crippen LogP contribution < -0.4 is 5.32 Å². The van der Waals surface area contributed by atoms with Gasteiger partial charge in [-0.25, -0.2) is 9.37 Å². The summed E-state index contributed by atoms with van der Waals surface area (Å²) in [5, 5.41) is 12.4. The quantitative estimate of drug-likeness (QED) is 0.488. The maximum absolute atomic E-state index is 12.9. The molecular formula is C20H18FN5OS. The van der Waals surface area contributed by atoms with E-state index in [1.807, 2.05) is 24.3 Å². The number of para-hydroxylation sites is 1. The first-order chi connectivity index (χ1) is 13.6. The number of H-pyrrole nitrogens is 1. The van der Waals surface area contributed by atoms with Crippen LogP contribution >= 0.6 is 11.8 Å². The van der Waals surface area contributed by atoms with Crippen molar-refractivity contribution in [3.63, 3.8) is 0 Å². The highest BCUT2D eigenvalue weighted by molar-refractivity contribution is 8.00. The lowest BCUT2D eigenvalue weighted by Gasteiger charge is -2.10. The molecule has 0 fully saturated rings. The second-order valence-electron chi connectivity index (χ2n) is 6.39. The lowest BCUT2D eigenvalue weighted by Crippen LogP contribution is -2.32. The number of thioether (sulfide) groups is 1. The molecule has 8 heteroatoms. The summed E-state index contributed by atoms with van der Waals surface area (Å²) in [4.78, 5) is 20.0. The first kappa shape index (κ1) is 18.4. The molecule has 0 saturated carbocycles. The van der Waals surface area contributed by atoms with Gasteiger partial charge >= 0.3 is 0 Å². The van der Waals surface area contributed by atoms with Crippen molar-refractivity contribution in [3.8, 4) is 0 Å². The summed E-state index contributed by atoms with van der Waals surface area (Å²) in [7, 11) is 0. The number of aromatic nitrogens is 4. The predicted octanol–water partition coefficient (Wildman–Crippen LogP) is 3.48. The third-order valence-corrected chi connectivity index (χ3v) is 5.33. The van der Waals surface area contributed by atoms with Gasteiger partial charge in [0.2, 0.25) is 11.1 Å². The van der Waals surface area contributed by atoms with E-state index in [0.717, 1.165) is 22.0 Å². The highest BCUT2D eigenvalue weighted by atomic mass is 32.2. The summed E-state index contributed by atoms with van der Waals surface area (Å²) in [5.74, 6) is -0.370. The molecule has 2 heterocycles. The Hall–Kier alpha value is -3.00. The highest BCUT2D eigenvalue weighted by Gasteiger charge is 2.17. The van der Waals surface area contributed by atoms with E-state index in [2.05, 4.69) is 25.5 Å². The predicted molar refractivity (Wildman–Crippen MR) is 108 cm³/mol. The van der Waals surface area contributed by atoms with E-state index in [-0.39, 0.29) is 17.0 Å². The third-order valence-electron chi connectivity index (χ3n) is 4.38. The van der Waals surface area contributed by atoms with Crippen LogP contribution in [-0.2, 0) is 11.2 Å². The Morgan fingerprint density at radius 3 is 2.79 bits per heavy atom. The molecular weight excluding hydrogens is 377 g/mol. The summed E-state index contributed by atoms with van der Waals surface area (Å²) in [6.45, 7) is 2.28. The van der Waals surface area contributed by atoms with Crippen LogP contribution in [-0.4, -0.2) is 37.9 Å². The number of carbonyl (C=O) groups excluding carboxylic acids is 1. The number of rotatable bonds is 6. The molecule has 0 spiro atoms. The number of benzene rings is 2. The molecule has 2 aromatic heterocycles. The standard InChI is InChI=1S/C20H18FN5OS/c1-12(19(27)22-11-10-13-6-8-14(21)9-7-13)28-20-24-18-17(25-26-20)15-4-2-3-5-16(15)23-18/h2-9,12H,10-11H2,1H3,(H,22,27)(H,23,24,26)/t12-/m1/s1. The van der Waals surface area contributed by atoms with Gasteiger partial charge < -0.3 is 10.3 Å². The van der Waals surface area contributed by atoms with Gasteiger partial charge in [-0.05, 0) is 37.1 Å². The number of nitrogens with zero attached hydrogens (tertiary/aromatic N) is 3. The lowest BCUT2D eigenvalue weighted by molar-refractivity contribution is -0.120. The number of aromatic amines is 1. The van der Waals surface area contributed by atoms with E-state index >= 15 is 0 Å². The van der Waals surface area contributed by atoms with Crippen LogP contribution in [0.4, 0.5) is 4.39 Å². The molecule has 0 aliphatic rings. The molecule has 1 amide bonds. The van der Waals surface area contributed by atoms with Crippen molar-refractivity contribution in [2.75, 3.05) is 6.54 Å². The van der Waals surface area contributed by atoms with E-state index in [1.165, 1.54) is 23.9 Å². The summed E-state index contributed by atoms with van der Waals surface area (Å²) in [6.07, 6.45) is 0.641. The van der Waals surface area contributed by atoms with Crippen molar-refractivity contribution in [3.05, 3.63) is 59.9 Å². The minimum atomic E-state index is -0.364. The molecule has 0 aliphatic heterocycles. The molecule has 142 valence electrons. The summed E-state index contributed by atoms with van der Waals surface area (Å²) in [5.41, 5.74) is 3.30. The monoisotopic (exact) mass is 395 g/mol. The first-order valence-electron chi connectivity index (χ1n) is 8.90. The molecule has 0 bridgehead atoms. The van der Waals surface area contributed by atoms with E-state index in [9.17, 15) is 9.18 Å². The Balaban J connectivity index is 1.37. The zero-order valence-electron chi connectivity index (χ0n) is 15.1. The fourth-order valence-electron chi connectivity index (χ4n) is 2.89. The minimum Gasteiger partial charge on any atom is -0.355 e. The largest absolute Gasteiger partial charge is 0.355 e. The first-order valence-corrected chi connectivity index (χ1v) is 9.78. The molecule has 4 aromatic rings. The van der Waals surface area contributed by atoms with E-state index in [0.29, 0.717) is 23.8 Å². The Bertz CT molecular complexity index is 1130. The smallest absolute Gasteiger partial charge is 0.233 e. The van der Waals surface area contributed by atoms with Gasteiger partial charge in [-0.2, -0.15) is 0 Å². The molecule has 1 atom stereocenters. The van der Waals surface area contributed by atoms with Crippen LogP contribution in [0.3, 0.4) is 0 Å². The zero-order chi connectivity index (χ0) is 19.5. The molecule has 0 saturated heterocycles. The molecule has 2 N–H and O–H groups in total. The number of nitrogens with one attached hydrogen (secondary N) is 2. The summed E-state index contributed by atoms with van der Waals surface area (Å²) < 4.78 is 12.9. The third kappa shape index (κ3) is 3.96. The Kier molecular flexibility index (Phi) is 5.21. The normalized spacial score (nSPS) is 12.4. The average Bonchev–Trinajstić information content (AvgIpc) is 3.07. The van der Waals surface area contributed by atoms with E-state index in [4.69, 9.17) is 0 Å². The minimum absolute atomic E-state index is 0.104. The van der Waals surface area contributed by atoms with Crippen LogP contribution in [0.5, 0.6) is 0 Å². The molecule has 6 nitrogen and oxygen atoms in total. The van der Waals surface area contributed by atoms with Gasteiger partial charge in [0.15, 0.2) is 5.65 Å². The van der Waals surface area contributed by atoms with E-state index < -0.39 is 0 Å². The highest BCUT2D eigenvalue weighted by Crippen LogP contribution is 2.24. The van der Waals surface area contributed by atoms with Crippen molar-refractivity contribution in [2.24, 2.45) is 0 Å². The van der Waals surface area contributed by atoms with Gasteiger partial charge in [0.1, 0.15) is 11.3 Å². The molecule has 0 radical (unpaired) electrons. The average molecular weight is 395 g/mol. The van der Waals surface area contributed by atoms with Crippen molar-refractivity contribution in [1.82, 2.24) is 25.5 Å². The molecule has 2 aromatic carbocycles. The second-order valence-corrected chi connectivity index (χ2v) is 7.70. The molecule has 0 aliphatic carbocycles. The molecule has 4 rings (SSSR count). The zero-order valence-corrected chi connectivity index (χ0v) is 16.0. The van der Waals surface area contributed by atoms with Crippen molar-refractivity contribution in [2.45, 2.75) is 23.8 Å². The Labute approximate surface area is 165 Å². The number of hydrogen-bond donors (Lipinski definition) is 2.